The summed E-state index contributed by atoms with van der Waals surface area (Å²) in [4.78, 5) is 10.2. The maximum Gasteiger partial charge on any atom is 0.172 e. The number of anilines is 1. The van der Waals surface area contributed by atoms with Crippen LogP contribution in [0.1, 0.15) is 18.9 Å². The predicted molar refractivity (Wildman–Crippen MR) is 87.2 cm³/mol. The lowest BCUT2D eigenvalue weighted by Crippen LogP contribution is -2.35. The van der Waals surface area contributed by atoms with E-state index in [0.717, 1.165) is 25.9 Å². The van der Waals surface area contributed by atoms with E-state index in [0.29, 0.717) is 27.7 Å². The van der Waals surface area contributed by atoms with Gasteiger partial charge >= 0.3 is 0 Å². The fourth-order valence-corrected chi connectivity index (χ4v) is 3.37. The molecule has 3 heterocycles. The van der Waals surface area contributed by atoms with Crippen molar-refractivity contribution in [3.8, 4) is 0 Å². The quantitative estimate of drug-likeness (QED) is 0.721. The molecule has 0 spiro atoms. The minimum Gasteiger partial charge on any atom is -0.369 e. The van der Waals surface area contributed by atoms with Crippen LogP contribution in [0.5, 0.6) is 0 Å². The van der Waals surface area contributed by atoms with Crippen molar-refractivity contribution >= 4 is 28.2 Å². The summed E-state index contributed by atoms with van der Waals surface area (Å²) in [5.74, 6) is -0.302. The van der Waals surface area contributed by atoms with Crippen molar-refractivity contribution in [2.45, 2.75) is 18.9 Å². The van der Waals surface area contributed by atoms with E-state index in [4.69, 9.17) is 11.6 Å². The summed E-state index contributed by atoms with van der Waals surface area (Å²) < 4.78 is 16.7. The Morgan fingerprint density at radius 3 is 2.74 bits per heavy atom. The predicted octanol–water partition coefficient (Wildman–Crippen LogP) is 3.46. The first-order valence-corrected chi connectivity index (χ1v) is 7.93. The van der Waals surface area contributed by atoms with Gasteiger partial charge in [0.25, 0.3) is 0 Å². The average Bonchev–Trinajstić information content (AvgIpc) is 3.11. The molecule has 5 nitrogen and oxygen atoms in total. The Morgan fingerprint density at radius 1 is 1.17 bits per heavy atom. The van der Waals surface area contributed by atoms with Crippen molar-refractivity contribution in [3.63, 3.8) is 0 Å². The number of hydrogen-bond donors (Lipinski definition) is 0. The smallest absolute Gasteiger partial charge is 0.172 e. The van der Waals surface area contributed by atoms with Crippen LogP contribution in [0, 0.1) is 5.82 Å². The highest BCUT2D eigenvalue weighted by atomic mass is 35.5. The van der Waals surface area contributed by atoms with Gasteiger partial charge in [-0.05, 0) is 31.0 Å². The highest BCUT2D eigenvalue weighted by molar-refractivity contribution is 6.35. The third-order valence-electron chi connectivity index (χ3n) is 4.39. The zero-order valence-electron chi connectivity index (χ0n) is 12.4. The van der Waals surface area contributed by atoms with E-state index in [-0.39, 0.29) is 5.82 Å². The monoisotopic (exact) mass is 331 g/mol. The second-order valence-corrected chi connectivity index (χ2v) is 6.09. The van der Waals surface area contributed by atoms with Crippen LogP contribution < -0.4 is 4.90 Å². The second-order valence-electron chi connectivity index (χ2n) is 5.68. The molecule has 1 aromatic carbocycles. The zero-order valence-corrected chi connectivity index (χ0v) is 13.1. The van der Waals surface area contributed by atoms with Crippen LogP contribution in [0.15, 0.2) is 37.1 Å². The van der Waals surface area contributed by atoms with Crippen molar-refractivity contribution in [1.29, 1.82) is 0 Å². The SMILES string of the molecule is Fc1c(N2CCC(n3cncn3)CC2)ccc2c(Cl)ccnc12. The van der Waals surface area contributed by atoms with Crippen LogP contribution in [-0.4, -0.2) is 32.8 Å². The molecule has 4 rings (SSSR count). The molecule has 0 bridgehead atoms. The van der Waals surface area contributed by atoms with Crippen molar-refractivity contribution < 1.29 is 4.39 Å². The molecule has 3 aromatic rings. The van der Waals surface area contributed by atoms with Crippen LogP contribution >= 0.6 is 11.6 Å². The summed E-state index contributed by atoms with van der Waals surface area (Å²) >= 11 is 6.11. The first kappa shape index (κ1) is 14.4. The van der Waals surface area contributed by atoms with Crippen LogP contribution in [0.4, 0.5) is 10.1 Å². The molecule has 1 fully saturated rings. The van der Waals surface area contributed by atoms with Gasteiger partial charge in [0.2, 0.25) is 0 Å². The summed E-state index contributed by atoms with van der Waals surface area (Å²) in [6.45, 7) is 1.54. The van der Waals surface area contributed by atoms with Gasteiger partial charge in [-0.2, -0.15) is 5.10 Å². The Bertz CT molecular complexity index is 828. The normalized spacial score (nSPS) is 16.2. The molecule has 1 aliphatic rings. The van der Waals surface area contributed by atoms with Gasteiger partial charge < -0.3 is 4.90 Å². The Labute approximate surface area is 137 Å². The molecule has 1 saturated heterocycles. The van der Waals surface area contributed by atoms with Gasteiger partial charge in [-0.25, -0.2) is 14.1 Å². The van der Waals surface area contributed by atoms with Gasteiger partial charge in [-0.15, -0.1) is 0 Å². The third kappa shape index (κ3) is 2.53. The number of fused-ring (bicyclic) bond motifs is 1. The van der Waals surface area contributed by atoms with Crippen LogP contribution in [0.25, 0.3) is 10.9 Å². The van der Waals surface area contributed by atoms with Crippen LogP contribution in [-0.2, 0) is 0 Å². The fourth-order valence-electron chi connectivity index (χ4n) is 3.16. The van der Waals surface area contributed by atoms with E-state index >= 15 is 0 Å². The molecule has 0 radical (unpaired) electrons. The molecule has 0 N–H and O–H groups in total. The highest BCUT2D eigenvalue weighted by Gasteiger charge is 2.24. The van der Waals surface area contributed by atoms with Crippen molar-refractivity contribution in [3.05, 3.63) is 47.9 Å². The van der Waals surface area contributed by atoms with Crippen molar-refractivity contribution in [2.75, 3.05) is 18.0 Å². The van der Waals surface area contributed by atoms with Crippen LogP contribution in [0.3, 0.4) is 0 Å². The minimum atomic E-state index is -0.302. The molecular weight excluding hydrogens is 317 g/mol. The molecule has 0 atom stereocenters. The summed E-state index contributed by atoms with van der Waals surface area (Å²) in [5.41, 5.74) is 0.915. The summed E-state index contributed by atoms with van der Waals surface area (Å²) in [7, 11) is 0. The van der Waals surface area contributed by atoms with E-state index in [1.54, 1.807) is 24.8 Å². The van der Waals surface area contributed by atoms with Gasteiger partial charge in [-0.1, -0.05) is 11.6 Å². The second kappa shape index (κ2) is 5.77. The van der Waals surface area contributed by atoms with E-state index in [9.17, 15) is 4.39 Å². The van der Waals surface area contributed by atoms with Gasteiger partial charge in [0.1, 0.15) is 18.2 Å². The maximum absolute atomic E-state index is 14.8. The fraction of sp³-hybridized carbons (Fsp3) is 0.312. The van der Waals surface area contributed by atoms with E-state index in [2.05, 4.69) is 20.0 Å². The first-order valence-electron chi connectivity index (χ1n) is 7.56. The lowest BCUT2D eigenvalue weighted by Gasteiger charge is -2.33. The van der Waals surface area contributed by atoms with E-state index in [1.807, 2.05) is 10.7 Å². The first-order chi connectivity index (χ1) is 11.2. The van der Waals surface area contributed by atoms with Gasteiger partial charge in [0.05, 0.1) is 16.8 Å². The molecule has 0 amide bonds. The topological polar surface area (TPSA) is 46.8 Å². The molecule has 0 aliphatic carbocycles. The molecule has 1 aliphatic heterocycles. The van der Waals surface area contributed by atoms with Crippen molar-refractivity contribution in [1.82, 2.24) is 19.7 Å². The van der Waals surface area contributed by atoms with E-state index < -0.39 is 0 Å². The summed E-state index contributed by atoms with van der Waals surface area (Å²) in [6.07, 6.45) is 6.63. The van der Waals surface area contributed by atoms with Gasteiger partial charge in [0, 0.05) is 24.7 Å². The standard InChI is InChI=1S/C16H15ClFN5/c17-13-3-6-20-16-12(13)1-2-14(15(16)18)22-7-4-11(5-8-22)23-10-19-9-21-23/h1-3,6,9-11H,4-5,7-8H2. The lowest BCUT2D eigenvalue weighted by molar-refractivity contribution is 0.364. The largest absolute Gasteiger partial charge is 0.369 e. The average molecular weight is 332 g/mol. The zero-order chi connectivity index (χ0) is 15.8. The Balaban J connectivity index is 1.60. The number of aromatic nitrogens is 4. The third-order valence-corrected chi connectivity index (χ3v) is 4.72. The summed E-state index contributed by atoms with van der Waals surface area (Å²) in [6, 6.07) is 5.63. The number of pyridine rings is 1. The number of nitrogens with zero attached hydrogens (tertiary/aromatic N) is 5. The molecule has 0 saturated carbocycles. The maximum atomic E-state index is 14.8. The molecule has 2 aromatic heterocycles. The molecule has 23 heavy (non-hydrogen) atoms. The molecular formula is C16H15ClFN5. The number of benzene rings is 1. The number of rotatable bonds is 2. The number of hydrogen-bond acceptors (Lipinski definition) is 4. The lowest BCUT2D eigenvalue weighted by atomic mass is 10.0. The Kier molecular flexibility index (Phi) is 3.61. The molecule has 7 heteroatoms. The molecule has 118 valence electrons. The highest BCUT2D eigenvalue weighted by Crippen LogP contribution is 2.32. The minimum absolute atomic E-state index is 0.302. The van der Waals surface area contributed by atoms with Crippen molar-refractivity contribution in [2.24, 2.45) is 0 Å². The number of halogens is 2. The summed E-state index contributed by atoms with van der Waals surface area (Å²) in [5, 5.41) is 5.36. The van der Waals surface area contributed by atoms with Crippen LogP contribution in [0.2, 0.25) is 5.02 Å². The van der Waals surface area contributed by atoms with E-state index in [1.165, 1.54) is 6.20 Å². The molecule has 0 unspecified atom stereocenters. The Hall–Kier alpha value is -2.21. The number of piperidine rings is 1. The van der Waals surface area contributed by atoms with Gasteiger partial charge in [-0.3, -0.25) is 4.98 Å². The van der Waals surface area contributed by atoms with Gasteiger partial charge in [0.15, 0.2) is 5.82 Å². The Morgan fingerprint density at radius 2 is 2.00 bits per heavy atom.